The van der Waals surface area contributed by atoms with E-state index in [0.29, 0.717) is 17.3 Å². The summed E-state index contributed by atoms with van der Waals surface area (Å²) < 4.78 is 5.38. The molecule has 0 unspecified atom stereocenters. The zero-order valence-electron chi connectivity index (χ0n) is 9.33. The summed E-state index contributed by atoms with van der Waals surface area (Å²) in [7, 11) is 0. The van der Waals surface area contributed by atoms with Crippen molar-refractivity contribution in [3.63, 3.8) is 0 Å². The normalized spacial score (nSPS) is 38.3. The van der Waals surface area contributed by atoms with E-state index in [9.17, 15) is 4.79 Å². The van der Waals surface area contributed by atoms with Crippen molar-refractivity contribution in [1.29, 1.82) is 0 Å². The molecule has 0 amide bonds. The van der Waals surface area contributed by atoms with Gasteiger partial charge in [-0.25, -0.2) is 0 Å². The minimum absolute atomic E-state index is 0.143. The number of ether oxygens (including phenoxy) is 1. The molecule has 78 valence electrons. The van der Waals surface area contributed by atoms with Crippen LogP contribution < -0.4 is 0 Å². The molecule has 0 aromatic carbocycles. The van der Waals surface area contributed by atoms with Gasteiger partial charge < -0.3 is 4.74 Å². The second kappa shape index (κ2) is 2.85. The minimum atomic E-state index is -0.143. The van der Waals surface area contributed by atoms with Crippen LogP contribution in [0.4, 0.5) is 0 Å². The van der Waals surface area contributed by atoms with Crippen LogP contribution in [0, 0.1) is 17.3 Å². The highest BCUT2D eigenvalue weighted by molar-refractivity contribution is 5.66. The number of hydrogen-bond donors (Lipinski definition) is 0. The number of rotatable bonds is 1. The van der Waals surface area contributed by atoms with Crippen LogP contribution in [-0.2, 0) is 9.53 Å². The molecule has 0 aromatic heterocycles. The first-order valence-corrected chi connectivity index (χ1v) is 5.28. The molecule has 0 spiro atoms. The van der Waals surface area contributed by atoms with E-state index in [4.69, 9.17) is 4.74 Å². The lowest BCUT2D eigenvalue weighted by molar-refractivity contribution is -0.190. The van der Waals surface area contributed by atoms with Crippen LogP contribution in [0.2, 0.25) is 0 Å². The maximum absolute atomic E-state index is 11.0. The molecule has 2 nitrogen and oxygen atoms in total. The standard InChI is InChI=1S/C12H18O2/c1-7-5-6-9-11(14-8(2)13)10(7)12(9,3)4/h5,9-11H,6H2,1-4H3/t9-,10+,11-/m0/s1. The van der Waals surface area contributed by atoms with E-state index < -0.39 is 0 Å². The van der Waals surface area contributed by atoms with Gasteiger partial charge in [0.05, 0.1) is 0 Å². The van der Waals surface area contributed by atoms with Gasteiger partial charge in [-0.05, 0) is 18.8 Å². The molecule has 3 aliphatic carbocycles. The Hall–Kier alpha value is -0.790. The van der Waals surface area contributed by atoms with Crippen molar-refractivity contribution in [3.8, 4) is 0 Å². The van der Waals surface area contributed by atoms with Gasteiger partial charge in [-0.3, -0.25) is 4.79 Å². The zero-order valence-corrected chi connectivity index (χ0v) is 9.33. The van der Waals surface area contributed by atoms with E-state index in [1.807, 2.05) is 0 Å². The van der Waals surface area contributed by atoms with Gasteiger partial charge in [0, 0.05) is 18.8 Å². The summed E-state index contributed by atoms with van der Waals surface area (Å²) in [6, 6.07) is 0. The predicted molar refractivity (Wildman–Crippen MR) is 54.7 cm³/mol. The predicted octanol–water partition coefficient (Wildman–Crippen LogP) is 2.54. The molecule has 1 saturated carbocycles. The SMILES string of the molecule is CC(=O)O[C@@H]1[C@H]2C(C)=CC[C@@H]1C2(C)C. The Morgan fingerprint density at radius 1 is 1.57 bits per heavy atom. The molecular formula is C12H18O2. The number of allylic oxidation sites excluding steroid dienone is 1. The first kappa shape index (κ1) is 9.75. The third-order valence-electron chi connectivity index (χ3n) is 3.97. The van der Waals surface area contributed by atoms with Gasteiger partial charge in [-0.15, -0.1) is 0 Å². The van der Waals surface area contributed by atoms with Crippen LogP contribution in [0.25, 0.3) is 0 Å². The van der Waals surface area contributed by atoms with Gasteiger partial charge >= 0.3 is 5.97 Å². The quantitative estimate of drug-likeness (QED) is 0.473. The van der Waals surface area contributed by atoms with E-state index in [0.717, 1.165) is 6.42 Å². The lowest BCUT2D eigenvalue weighted by Crippen LogP contribution is -2.61. The molecule has 0 heterocycles. The van der Waals surface area contributed by atoms with E-state index >= 15 is 0 Å². The Morgan fingerprint density at radius 3 is 2.64 bits per heavy atom. The van der Waals surface area contributed by atoms with Crippen molar-refractivity contribution in [2.45, 2.75) is 40.2 Å². The maximum atomic E-state index is 11.0. The highest BCUT2D eigenvalue weighted by Gasteiger charge is 2.59. The molecule has 0 saturated heterocycles. The monoisotopic (exact) mass is 194 g/mol. The van der Waals surface area contributed by atoms with E-state index in [1.165, 1.54) is 12.5 Å². The molecule has 0 aromatic rings. The van der Waals surface area contributed by atoms with Crippen molar-refractivity contribution in [1.82, 2.24) is 0 Å². The summed E-state index contributed by atoms with van der Waals surface area (Å²) in [6.45, 7) is 8.20. The van der Waals surface area contributed by atoms with Crippen LogP contribution in [0.1, 0.15) is 34.1 Å². The van der Waals surface area contributed by atoms with Gasteiger partial charge in [0.2, 0.25) is 0 Å². The van der Waals surface area contributed by atoms with E-state index in [1.54, 1.807) is 0 Å². The van der Waals surface area contributed by atoms with E-state index in [-0.39, 0.29) is 12.1 Å². The molecule has 0 aliphatic heterocycles. The summed E-state index contributed by atoms with van der Waals surface area (Å²) in [5.41, 5.74) is 1.71. The Labute approximate surface area is 85.3 Å². The molecule has 2 heteroatoms. The average Bonchev–Trinajstić information content (AvgIpc) is 2.01. The first-order chi connectivity index (χ1) is 6.44. The highest BCUT2D eigenvalue weighted by Crippen LogP contribution is 2.60. The Kier molecular flexibility index (Phi) is 1.98. The number of fused-ring (bicyclic) bond motifs is 1. The van der Waals surface area contributed by atoms with Crippen molar-refractivity contribution in [2.75, 3.05) is 0 Å². The Balaban J connectivity index is 2.20. The smallest absolute Gasteiger partial charge is 0.302 e. The number of carbonyl (C=O) groups excluding carboxylic acids is 1. The molecule has 3 aliphatic rings. The van der Waals surface area contributed by atoms with Crippen molar-refractivity contribution in [3.05, 3.63) is 11.6 Å². The summed E-state index contributed by atoms with van der Waals surface area (Å²) in [6.07, 6.45) is 3.50. The van der Waals surface area contributed by atoms with Gasteiger partial charge in [0.25, 0.3) is 0 Å². The maximum Gasteiger partial charge on any atom is 0.302 e. The third-order valence-corrected chi connectivity index (χ3v) is 3.97. The number of hydrogen-bond acceptors (Lipinski definition) is 2. The fourth-order valence-corrected chi connectivity index (χ4v) is 3.26. The zero-order chi connectivity index (χ0) is 10.5. The average molecular weight is 194 g/mol. The summed E-state index contributed by atoms with van der Waals surface area (Å²) in [5, 5.41) is 0. The Bertz CT molecular complexity index is 301. The molecule has 0 N–H and O–H groups in total. The van der Waals surface area contributed by atoms with Gasteiger partial charge in [0.15, 0.2) is 0 Å². The van der Waals surface area contributed by atoms with Crippen LogP contribution >= 0.6 is 0 Å². The second-order valence-corrected chi connectivity index (χ2v) is 5.16. The van der Waals surface area contributed by atoms with Crippen molar-refractivity contribution >= 4 is 5.97 Å². The number of carbonyl (C=O) groups is 1. The molecule has 1 fully saturated rings. The first-order valence-electron chi connectivity index (χ1n) is 5.28. The summed E-state index contributed by atoms with van der Waals surface area (Å²) in [4.78, 5) is 11.0. The summed E-state index contributed by atoms with van der Waals surface area (Å²) >= 11 is 0. The highest BCUT2D eigenvalue weighted by atomic mass is 16.5. The van der Waals surface area contributed by atoms with Crippen LogP contribution in [0.5, 0.6) is 0 Å². The molecular weight excluding hydrogens is 176 g/mol. The number of esters is 1. The van der Waals surface area contributed by atoms with Gasteiger partial charge in [-0.1, -0.05) is 25.5 Å². The minimum Gasteiger partial charge on any atom is -0.462 e. The molecule has 0 radical (unpaired) electrons. The van der Waals surface area contributed by atoms with Gasteiger partial charge in [0.1, 0.15) is 6.10 Å². The molecule has 3 rings (SSSR count). The summed E-state index contributed by atoms with van der Waals surface area (Å²) in [5.74, 6) is 0.834. The topological polar surface area (TPSA) is 26.3 Å². The lowest BCUT2D eigenvalue weighted by Gasteiger charge is -2.60. The molecule has 2 bridgehead atoms. The third kappa shape index (κ3) is 1.13. The van der Waals surface area contributed by atoms with E-state index in [2.05, 4.69) is 26.8 Å². The molecule has 3 atom stereocenters. The Morgan fingerprint density at radius 2 is 2.21 bits per heavy atom. The second-order valence-electron chi connectivity index (χ2n) is 5.16. The van der Waals surface area contributed by atoms with Crippen LogP contribution in [0.15, 0.2) is 11.6 Å². The largest absolute Gasteiger partial charge is 0.462 e. The van der Waals surface area contributed by atoms with Gasteiger partial charge in [-0.2, -0.15) is 0 Å². The lowest BCUT2D eigenvalue weighted by atomic mass is 9.47. The van der Waals surface area contributed by atoms with Crippen molar-refractivity contribution < 1.29 is 9.53 Å². The molecule has 14 heavy (non-hydrogen) atoms. The fraction of sp³-hybridized carbons (Fsp3) is 0.750. The van der Waals surface area contributed by atoms with Crippen LogP contribution in [0.3, 0.4) is 0 Å². The van der Waals surface area contributed by atoms with Crippen molar-refractivity contribution in [2.24, 2.45) is 17.3 Å². The fourth-order valence-electron chi connectivity index (χ4n) is 3.26. The van der Waals surface area contributed by atoms with Crippen LogP contribution in [-0.4, -0.2) is 12.1 Å².